The smallest absolute Gasteiger partial charge is 0.174 e. The molecule has 0 spiro atoms. The number of nitrogens with one attached hydrogen (secondary N) is 1. The van der Waals surface area contributed by atoms with Crippen LogP contribution in [0.3, 0.4) is 0 Å². The molecule has 3 heteroatoms. The number of imidazole rings is 1. The van der Waals surface area contributed by atoms with Crippen LogP contribution in [0.15, 0.2) is 46.9 Å². The summed E-state index contributed by atoms with van der Waals surface area (Å²) in [6, 6.07) is 14.4. The number of fused-ring (bicyclic) bond motifs is 2. The van der Waals surface area contributed by atoms with E-state index in [0.717, 1.165) is 40.2 Å². The van der Waals surface area contributed by atoms with Crippen molar-refractivity contribution in [3.63, 3.8) is 0 Å². The van der Waals surface area contributed by atoms with Crippen molar-refractivity contribution < 1.29 is 4.42 Å². The van der Waals surface area contributed by atoms with Crippen molar-refractivity contribution in [3.8, 4) is 11.6 Å². The zero-order chi connectivity index (χ0) is 14.4. The first kappa shape index (κ1) is 12.2. The van der Waals surface area contributed by atoms with Gasteiger partial charge in [0, 0.05) is 10.9 Å². The van der Waals surface area contributed by atoms with Crippen molar-refractivity contribution in [2.24, 2.45) is 0 Å². The second-order valence-corrected chi connectivity index (χ2v) is 5.31. The lowest BCUT2D eigenvalue weighted by molar-refractivity contribution is 0.620. The number of aryl methyl sites for hydroxylation is 2. The summed E-state index contributed by atoms with van der Waals surface area (Å²) in [4.78, 5) is 7.99. The second kappa shape index (κ2) is 4.48. The fraction of sp³-hybridized carbons (Fsp3) is 0.167. The van der Waals surface area contributed by atoms with Crippen LogP contribution in [0.5, 0.6) is 0 Å². The fourth-order valence-electron chi connectivity index (χ4n) is 2.87. The first-order chi connectivity index (χ1) is 10.3. The Morgan fingerprint density at radius 2 is 1.95 bits per heavy atom. The van der Waals surface area contributed by atoms with Gasteiger partial charge in [-0.05, 0) is 31.0 Å². The van der Waals surface area contributed by atoms with Crippen LogP contribution < -0.4 is 0 Å². The maximum absolute atomic E-state index is 6.14. The van der Waals surface area contributed by atoms with E-state index in [2.05, 4.69) is 42.0 Å². The molecule has 0 aliphatic carbocycles. The number of aromatic amines is 1. The SMILES string of the molecule is CCc1cccc2c(C)c(-c3nc4ccccc4[nH]3)oc12. The lowest BCUT2D eigenvalue weighted by Crippen LogP contribution is -1.80. The van der Waals surface area contributed by atoms with Gasteiger partial charge in [0.1, 0.15) is 5.58 Å². The Morgan fingerprint density at radius 3 is 2.76 bits per heavy atom. The minimum absolute atomic E-state index is 0.798. The molecule has 0 atom stereocenters. The van der Waals surface area contributed by atoms with Gasteiger partial charge >= 0.3 is 0 Å². The van der Waals surface area contributed by atoms with Gasteiger partial charge in [0.25, 0.3) is 0 Å². The minimum atomic E-state index is 0.798. The molecule has 2 heterocycles. The molecule has 0 radical (unpaired) electrons. The molecular formula is C18H16N2O. The first-order valence-corrected chi connectivity index (χ1v) is 7.24. The Kier molecular flexibility index (Phi) is 2.61. The highest BCUT2D eigenvalue weighted by Crippen LogP contribution is 2.34. The lowest BCUT2D eigenvalue weighted by atomic mass is 10.1. The summed E-state index contributed by atoms with van der Waals surface area (Å²) < 4.78 is 6.14. The summed E-state index contributed by atoms with van der Waals surface area (Å²) in [5.74, 6) is 1.63. The molecule has 3 nitrogen and oxygen atoms in total. The summed E-state index contributed by atoms with van der Waals surface area (Å²) in [7, 11) is 0. The van der Waals surface area contributed by atoms with Crippen LogP contribution in [0.4, 0.5) is 0 Å². The lowest BCUT2D eigenvalue weighted by Gasteiger charge is -1.96. The van der Waals surface area contributed by atoms with E-state index >= 15 is 0 Å². The van der Waals surface area contributed by atoms with E-state index in [1.54, 1.807) is 0 Å². The zero-order valence-electron chi connectivity index (χ0n) is 12.1. The van der Waals surface area contributed by atoms with Crippen LogP contribution in [0.25, 0.3) is 33.6 Å². The second-order valence-electron chi connectivity index (χ2n) is 5.31. The Bertz CT molecular complexity index is 913. The Balaban J connectivity index is 1.99. The van der Waals surface area contributed by atoms with Crippen LogP contribution in [-0.2, 0) is 6.42 Å². The van der Waals surface area contributed by atoms with Crippen LogP contribution in [0, 0.1) is 6.92 Å². The number of hydrogen-bond acceptors (Lipinski definition) is 2. The topological polar surface area (TPSA) is 41.8 Å². The highest BCUT2D eigenvalue weighted by Gasteiger charge is 2.17. The van der Waals surface area contributed by atoms with E-state index in [9.17, 15) is 0 Å². The van der Waals surface area contributed by atoms with Crippen LogP contribution in [0.2, 0.25) is 0 Å². The van der Waals surface area contributed by atoms with E-state index in [0.29, 0.717) is 0 Å². The van der Waals surface area contributed by atoms with E-state index < -0.39 is 0 Å². The molecule has 2 aromatic heterocycles. The van der Waals surface area contributed by atoms with Gasteiger partial charge < -0.3 is 9.40 Å². The molecule has 0 bridgehead atoms. The molecule has 0 unspecified atom stereocenters. The Morgan fingerprint density at radius 1 is 1.10 bits per heavy atom. The van der Waals surface area contributed by atoms with Crippen molar-refractivity contribution in [1.82, 2.24) is 9.97 Å². The van der Waals surface area contributed by atoms with Crippen molar-refractivity contribution in [1.29, 1.82) is 0 Å². The minimum Gasteiger partial charge on any atom is -0.452 e. The molecule has 104 valence electrons. The molecule has 0 fully saturated rings. The van der Waals surface area contributed by atoms with E-state index in [1.807, 2.05) is 24.3 Å². The van der Waals surface area contributed by atoms with Crippen molar-refractivity contribution in [3.05, 3.63) is 53.6 Å². The van der Waals surface area contributed by atoms with Crippen molar-refractivity contribution in [2.75, 3.05) is 0 Å². The highest BCUT2D eigenvalue weighted by atomic mass is 16.3. The molecule has 0 aliphatic heterocycles. The Hall–Kier alpha value is -2.55. The van der Waals surface area contributed by atoms with Crippen LogP contribution >= 0.6 is 0 Å². The molecule has 1 N–H and O–H groups in total. The average Bonchev–Trinajstić information content (AvgIpc) is 3.08. The largest absolute Gasteiger partial charge is 0.452 e. The summed E-state index contributed by atoms with van der Waals surface area (Å²) in [5.41, 5.74) is 5.34. The molecule has 21 heavy (non-hydrogen) atoms. The van der Waals surface area contributed by atoms with Gasteiger partial charge in [-0.2, -0.15) is 0 Å². The first-order valence-electron chi connectivity index (χ1n) is 7.24. The molecule has 2 aromatic carbocycles. The third kappa shape index (κ3) is 1.77. The number of furan rings is 1. The van der Waals surface area contributed by atoms with Gasteiger partial charge in [-0.25, -0.2) is 4.98 Å². The van der Waals surface area contributed by atoms with Gasteiger partial charge in [-0.15, -0.1) is 0 Å². The number of para-hydroxylation sites is 3. The maximum atomic E-state index is 6.14. The average molecular weight is 276 g/mol. The fourth-order valence-corrected chi connectivity index (χ4v) is 2.87. The van der Waals surface area contributed by atoms with Gasteiger partial charge in [0.2, 0.25) is 0 Å². The van der Waals surface area contributed by atoms with Crippen LogP contribution in [0.1, 0.15) is 18.1 Å². The molecular weight excluding hydrogens is 260 g/mol. The number of aromatic nitrogens is 2. The number of rotatable bonds is 2. The van der Waals surface area contributed by atoms with Gasteiger partial charge in [-0.1, -0.05) is 37.3 Å². The standard InChI is InChI=1S/C18H16N2O/c1-3-12-7-6-8-13-11(2)16(21-17(12)13)18-19-14-9-4-5-10-15(14)20-18/h4-10H,3H2,1-2H3,(H,19,20). The quantitative estimate of drug-likeness (QED) is 0.568. The third-order valence-electron chi connectivity index (χ3n) is 4.03. The molecule has 0 aliphatic rings. The van der Waals surface area contributed by atoms with Crippen LogP contribution in [-0.4, -0.2) is 9.97 Å². The van der Waals surface area contributed by atoms with Gasteiger partial charge in [0.15, 0.2) is 11.6 Å². The zero-order valence-corrected chi connectivity index (χ0v) is 12.1. The number of benzene rings is 2. The van der Waals surface area contributed by atoms with E-state index in [-0.39, 0.29) is 0 Å². The third-order valence-corrected chi connectivity index (χ3v) is 4.03. The van der Waals surface area contributed by atoms with E-state index in [1.165, 1.54) is 10.9 Å². The molecule has 0 saturated heterocycles. The van der Waals surface area contributed by atoms with E-state index in [4.69, 9.17) is 4.42 Å². The molecule has 0 saturated carbocycles. The van der Waals surface area contributed by atoms with Gasteiger partial charge in [-0.3, -0.25) is 0 Å². The summed E-state index contributed by atoms with van der Waals surface area (Å²) >= 11 is 0. The Labute approximate surface area is 122 Å². The highest BCUT2D eigenvalue weighted by molar-refractivity contribution is 5.90. The molecule has 4 aromatic rings. The predicted octanol–water partition coefficient (Wildman–Crippen LogP) is 4.85. The van der Waals surface area contributed by atoms with Gasteiger partial charge in [0.05, 0.1) is 11.0 Å². The number of nitrogens with zero attached hydrogens (tertiary/aromatic N) is 1. The summed E-state index contributed by atoms with van der Waals surface area (Å²) in [6.45, 7) is 4.24. The monoisotopic (exact) mass is 276 g/mol. The van der Waals surface area contributed by atoms with Crippen molar-refractivity contribution in [2.45, 2.75) is 20.3 Å². The number of H-pyrrole nitrogens is 1. The molecule has 0 amide bonds. The van der Waals surface area contributed by atoms with Crippen molar-refractivity contribution >= 4 is 22.0 Å². The maximum Gasteiger partial charge on any atom is 0.174 e. The predicted molar refractivity (Wildman–Crippen MR) is 85.4 cm³/mol. The number of hydrogen-bond donors (Lipinski definition) is 1. The summed E-state index contributed by atoms with van der Waals surface area (Å²) in [5, 5.41) is 1.17. The summed E-state index contributed by atoms with van der Waals surface area (Å²) in [6.07, 6.45) is 0.962. The normalized spacial score (nSPS) is 11.5. The molecule has 4 rings (SSSR count).